The van der Waals surface area contributed by atoms with E-state index in [1.165, 1.54) is 0 Å². The number of fused-ring (bicyclic) bond motifs is 1. The molecule has 2 aromatic carbocycles. The van der Waals surface area contributed by atoms with Crippen LogP contribution in [-0.4, -0.2) is 52.2 Å². The smallest absolute Gasteiger partial charge is 0.350 e. The highest BCUT2D eigenvalue weighted by Gasteiger charge is 2.35. The lowest BCUT2D eigenvalue weighted by Gasteiger charge is -2.30. The number of β-amino-alcohol motifs (C(OH)–C–C–N with tert-alkyl or cyclic N) is 1. The maximum atomic E-state index is 13.4. The molecule has 0 amide bonds. The van der Waals surface area contributed by atoms with Gasteiger partial charge in [-0.25, -0.2) is 9.78 Å². The molecule has 1 fully saturated rings. The lowest BCUT2D eigenvalue weighted by Crippen LogP contribution is -2.43. The minimum absolute atomic E-state index is 0.161. The van der Waals surface area contributed by atoms with Crippen LogP contribution in [0.5, 0.6) is 5.75 Å². The molecule has 4 rings (SSSR count). The number of carbonyl (C=O) groups is 2. The number of pyridine rings is 1. The van der Waals surface area contributed by atoms with Gasteiger partial charge >= 0.3 is 5.97 Å². The van der Waals surface area contributed by atoms with Crippen LogP contribution in [-0.2, 0) is 9.53 Å². The molecule has 1 aromatic heterocycles. The Morgan fingerprint density at radius 3 is 2.33 bits per heavy atom. The summed E-state index contributed by atoms with van der Waals surface area (Å²) >= 11 is 0. The van der Waals surface area contributed by atoms with Crippen LogP contribution in [0, 0.1) is 13.8 Å². The molecule has 0 bridgehead atoms. The average Bonchev–Trinajstić information content (AvgIpc) is 3.29. The van der Waals surface area contributed by atoms with Gasteiger partial charge in [0.05, 0.1) is 17.2 Å². The van der Waals surface area contributed by atoms with Gasteiger partial charge in [-0.2, -0.15) is 0 Å². The number of anilines is 1. The molecule has 1 saturated heterocycles. The summed E-state index contributed by atoms with van der Waals surface area (Å²) in [6.45, 7) is 13.8. The second-order valence-electron chi connectivity index (χ2n) is 11.7. The fraction of sp³-hybridized carbons (Fsp3) is 0.406. The van der Waals surface area contributed by atoms with Gasteiger partial charge in [-0.1, -0.05) is 24.3 Å². The van der Waals surface area contributed by atoms with E-state index in [1.807, 2.05) is 82.0 Å². The number of hydrogen-bond acceptors (Lipinski definition) is 7. The molecule has 39 heavy (non-hydrogen) atoms. The summed E-state index contributed by atoms with van der Waals surface area (Å²) in [4.78, 5) is 32.9. The van der Waals surface area contributed by atoms with Gasteiger partial charge in [-0.3, -0.25) is 4.79 Å². The van der Waals surface area contributed by atoms with Crippen molar-refractivity contribution in [2.75, 3.05) is 18.0 Å². The molecular weight excluding hydrogens is 492 g/mol. The van der Waals surface area contributed by atoms with Crippen LogP contribution in [0.1, 0.15) is 68.1 Å². The summed E-state index contributed by atoms with van der Waals surface area (Å²) in [5.41, 5.74) is 2.07. The van der Waals surface area contributed by atoms with Crippen molar-refractivity contribution in [3.8, 4) is 5.75 Å². The molecule has 2 heterocycles. The number of carbonyl (C=O) groups excluding carboxylic acids is 2. The number of aliphatic hydroxyl groups is 1. The second-order valence-corrected chi connectivity index (χ2v) is 11.7. The number of aliphatic hydroxyl groups excluding tert-OH is 1. The SMILES string of the molecule is Cc1cc(/C=C/C(=O)c2cc3ccccc3nc2N2CC[C@@H](O)C2)cc(C)c1OC(C)(C)C(=O)OC(C)(C)C. The first-order valence-electron chi connectivity index (χ1n) is 13.3. The van der Waals surface area contributed by atoms with Crippen LogP contribution in [0.4, 0.5) is 5.82 Å². The molecule has 0 spiro atoms. The lowest BCUT2D eigenvalue weighted by atomic mass is 10.0. The zero-order chi connectivity index (χ0) is 28.5. The van der Waals surface area contributed by atoms with E-state index in [0.717, 1.165) is 27.6 Å². The fourth-order valence-electron chi connectivity index (χ4n) is 4.66. The first kappa shape index (κ1) is 28.3. The number of ketones is 1. The number of aryl methyl sites for hydroxylation is 2. The zero-order valence-corrected chi connectivity index (χ0v) is 23.9. The first-order valence-corrected chi connectivity index (χ1v) is 13.3. The molecule has 0 unspecified atom stereocenters. The van der Waals surface area contributed by atoms with Crippen LogP contribution in [0.2, 0.25) is 0 Å². The molecule has 0 radical (unpaired) electrons. The van der Waals surface area contributed by atoms with Crippen molar-refractivity contribution < 1.29 is 24.2 Å². The maximum absolute atomic E-state index is 13.4. The molecule has 1 aliphatic rings. The summed E-state index contributed by atoms with van der Waals surface area (Å²) < 4.78 is 11.7. The number of nitrogens with zero attached hydrogens (tertiary/aromatic N) is 2. The summed E-state index contributed by atoms with van der Waals surface area (Å²) in [6.07, 6.45) is 3.56. The number of rotatable bonds is 7. The number of esters is 1. The van der Waals surface area contributed by atoms with E-state index >= 15 is 0 Å². The molecule has 7 heteroatoms. The Hall–Kier alpha value is -3.71. The van der Waals surface area contributed by atoms with E-state index in [-0.39, 0.29) is 5.78 Å². The Bertz CT molecular complexity index is 1410. The lowest BCUT2D eigenvalue weighted by molar-refractivity contribution is -0.171. The van der Waals surface area contributed by atoms with E-state index in [2.05, 4.69) is 0 Å². The standard InChI is InChI=1S/C32H38N2O5/c1-20-16-22(17-21(2)28(20)38-32(6,7)30(37)39-31(3,4)5)12-13-27(36)25-18-23-10-8-9-11-26(23)33-29(25)34-15-14-24(35)19-34/h8-13,16-18,24,35H,14-15,19H2,1-7H3/b13-12+/t24-/m1/s1. The van der Waals surface area contributed by atoms with Crippen LogP contribution in [0.15, 0.2) is 48.5 Å². The van der Waals surface area contributed by atoms with E-state index in [9.17, 15) is 14.7 Å². The van der Waals surface area contributed by atoms with Crippen LogP contribution >= 0.6 is 0 Å². The van der Waals surface area contributed by atoms with Crippen LogP contribution < -0.4 is 9.64 Å². The molecule has 1 aliphatic heterocycles. The van der Waals surface area contributed by atoms with E-state index in [1.54, 1.807) is 26.0 Å². The predicted octanol–water partition coefficient (Wildman–Crippen LogP) is 5.82. The minimum atomic E-state index is -1.17. The normalized spacial score (nSPS) is 16.2. The quantitative estimate of drug-likeness (QED) is 0.234. The molecule has 1 N–H and O–H groups in total. The number of hydrogen-bond donors (Lipinski definition) is 1. The van der Waals surface area contributed by atoms with Gasteiger partial charge in [0.25, 0.3) is 0 Å². The van der Waals surface area contributed by atoms with Crippen molar-refractivity contribution in [1.29, 1.82) is 0 Å². The Labute approximate surface area is 230 Å². The van der Waals surface area contributed by atoms with Crippen molar-refractivity contribution in [2.24, 2.45) is 0 Å². The number of benzene rings is 2. The van der Waals surface area contributed by atoms with Crippen LogP contribution in [0.3, 0.4) is 0 Å². The third kappa shape index (κ3) is 6.66. The van der Waals surface area contributed by atoms with Crippen molar-refractivity contribution in [3.63, 3.8) is 0 Å². The van der Waals surface area contributed by atoms with Gasteiger partial charge in [0, 0.05) is 18.5 Å². The van der Waals surface area contributed by atoms with Crippen molar-refractivity contribution >= 4 is 34.5 Å². The van der Waals surface area contributed by atoms with Gasteiger partial charge in [-0.15, -0.1) is 0 Å². The van der Waals surface area contributed by atoms with E-state index < -0.39 is 23.3 Å². The summed E-state index contributed by atoms with van der Waals surface area (Å²) in [6, 6.07) is 13.4. The number of para-hydroxylation sites is 1. The second kappa shape index (κ2) is 10.8. The van der Waals surface area contributed by atoms with Crippen molar-refractivity contribution in [3.05, 3.63) is 70.8 Å². The number of allylic oxidation sites excluding steroid dienone is 1. The Balaban J connectivity index is 1.59. The largest absolute Gasteiger partial charge is 0.476 e. The average molecular weight is 531 g/mol. The van der Waals surface area contributed by atoms with Gasteiger partial charge in [0.1, 0.15) is 17.2 Å². The molecule has 0 aliphatic carbocycles. The molecule has 1 atom stereocenters. The molecular formula is C32H38N2O5. The maximum Gasteiger partial charge on any atom is 0.350 e. The van der Waals surface area contributed by atoms with Gasteiger partial charge < -0.3 is 19.5 Å². The zero-order valence-electron chi connectivity index (χ0n) is 23.9. The minimum Gasteiger partial charge on any atom is -0.476 e. The topological polar surface area (TPSA) is 89.0 Å². The van der Waals surface area contributed by atoms with Gasteiger partial charge in [0.15, 0.2) is 11.4 Å². The summed E-state index contributed by atoms with van der Waals surface area (Å²) in [7, 11) is 0. The highest BCUT2D eigenvalue weighted by molar-refractivity contribution is 6.11. The first-order chi connectivity index (χ1) is 18.2. The van der Waals surface area contributed by atoms with Crippen molar-refractivity contribution in [1.82, 2.24) is 4.98 Å². The highest BCUT2D eigenvalue weighted by atomic mass is 16.6. The van der Waals surface area contributed by atoms with Gasteiger partial charge in [0.2, 0.25) is 0 Å². The van der Waals surface area contributed by atoms with E-state index in [4.69, 9.17) is 14.5 Å². The monoisotopic (exact) mass is 530 g/mol. The predicted molar refractivity (Wildman–Crippen MR) is 154 cm³/mol. The molecule has 3 aromatic rings. The number of ether oxygens (including phenoxy) is 2. The third-order valence-corrected chi connectivity index (χ3v) is 6.59. The molecule has 206 valence electrons. The molecule has 0 saturated carbocycles. The third-order valence-electron chi connectivity index (χ3n) is 6.59. The fourth-order valence-corrected chi connectivity index (χ4v) is 4.66. The Kier molecular flexibility index (Phi) is 7.84. The van der Waals surface area contributed by atoms with E-state index in [0.29, 0.717) is 36.6 Å². The van der Waals surface area contributed by atoms with Gasteiger partial charge in [-0.05, 0) is 102 Å². The Morgan fingerprint density at radius 2 is 1.72 bits per heavy atom. The Morgan fingerprint density at radius 1 is 1.05 bits per heavy atom. The van der Waals surface area contributed by atoms with Crippen LogP contribution in [0.25, 0.3) is 17.0 Å². The number of aromatic nitrogens is 1. The summed E-state index contributed by atoms with van der Waals surface area (Å²) in [5, 5.41) is 11.0. The highest BCUT2D eigenvalue weighted by Crippen LogP contribution is 2.31. The van der Waals surface area contributed by atoms with Crippen molar-refractivity contribution in [2.45, 2.75) is 72.2 Å². The summed E-state index contributed by atoms with van der Waals surface area (Å²) in [5.74, 6) is 0.614. The molecule has 7 nitrogen and oxygen atoms in total.